The largest absolute Gasteiger partial charge is 0.337 e. The molecule has 1 atom stereocenters. The molecule has 5 nitrogen and oxygen atoms in total. The lowest BCUT2D eigenvalue weighted by Crippen LogP contribution is -2.39. The van der Waals surface area contributed by atoms with E-state index in [4.69, 9.17) is 12.2 Å². The number of aromatic amines is 1. The van der Waals surface area contributed by atoms with Gasteiger partial charge in [-0.2, -0.15) is 0 Å². The minimum absolute atomic E-state index is 0.469. The van der Waals surface area contributed by atoms with E-state index in [-0.39, 0.29) is 0 Å². The van der Waals surface area contributed by atoms with Gasteiger partial charge in [-0.15, -0.1) is 5.10 Å². The molecule has 1 aliphatic rings. The molecule has 0 bridgehead atoms. The van der Waals surface area contributed by atoms with Crippen molar-refractivity contribution in [2.45, 2.75) is 19.4 Å². The first-order chi connectivity index (χ1) is 7.59. The Morgan fingerprint density at radius 2 is 2.12 bits per heavy atom. The van der Waals surface area contributed by atoms with E-state index in [1.54, 1.807) is 0 Å². The van der Waals surface area contributed by atoms with E-state index in [0.29, 0.717) is 10.8 Å². The highest BCUT2D eigenvalue weighted by atomic mass is 32.1. The molecular formula is C10H19N5S. The van der Waals surface area contributed by atoms with Gasteiger partial charge in [0.05, 0.1) is 0 Å². The molecule has 1 unspecified atom stereocenters. The van der Waals surface area contributed by atoms with Crippen LogP contribution in [0.25, 0.3) is 0 Å². The van der Waals surface area contributed by atoms with Crippen LogP contribution >= 0.6 is 12.2 Å². The maximum Gasteiger partial charge on any atom is 0.225 e. The van der Waals surface area contributed by atoms with Crippen LogP contribution in [-0.2, 0) is 7.05 Å². The zero-order chi connectivity index (χ0) is 11.7. The van der Waals surface area contributed by atoms with Crippen LogP contribution < -0.4 is 4.90 Å². The maximum atomic E-state index is 5.15. The van der Waals surface area contributed by atoms with Gasteiger partial charge in [-0.3, -0.25) is 4.57 Å². The topological polar surface area (TPSA) is 40.1 Å². The molecular weight excluding hydrogens is 222 g/mol. The summed E-state index contributed by atoms with van der Waals surface area (Å²) in [7, 11) is 4.13. The Hall–Kier alpha value is -0.880. The number of rotatable bonds is 1. The molecule has 1 N–H and O–H groups in total. The second-order valence-corrected chi connectivity index (χ2v) is 4.93. The van der Waals surface area contributed by atoms with Crippen LogP contribution in [0.1, 0.15) is 13.3 Å². The lowest BCUT2D eigenvalue weighted by molar-refractivity contribution is 0.336. The molecule has 2 heterocycles. The van der Waals surface area contributed by atoms with Gasteiger partial charge in [-0.1, -0.05) is 0 Å². The second-order valence-electron chi connectivity index (χ2n) is 4.55. The summed E-state index contributed by atoms with van der Waals surface area (Å²) in [4.78, 5) is 4.70. The van der Waals surface area contributed by atoms with Crippen LogP contribution in [-0.4, -0.2) is 52.4 Å². The number of aromatic nitrogens is 3. The molecule has 6 heteroatoms. The van der Waals surface area contributed by atoms with Gasteiger partial charge >= 0.3 is 0 Å². The molecule has 0 amide bonds. The number of nitrogens with one attached hydrogen (secondary N) is 1. The van der Waals surface area contributed by atoms with Crippen molar-refractivity contribution in [1.29, 1.82) is 0 Å². The highest BCUT2D eigenvalue weighted by molar-refractivity contribution is 7.71. The summed E-state index contributed by atoms with van der Waals surface area (Å²) in [5.41, 5.74) is 0. The van der Waals surface area contributed by atoms with Crippen molar-refractivity contribution in [3.8, 4) is 0 Å². The van der Waals surface area contributed by atoms with Crippen molar-refractivity contribution in [3.05, 3.63) is 4.77 Å². The van der Waals surface area contributed by atoms with Gasteiger partial charge in [0.25, 0.3) is 0 Å². The molecule has 0 aliphatic carbocycles. The molecule has 0 aromatic carbocycles. The normalized spacial score (nSPS) is 23.4. The Labute approximate surface area is 101 Å². The number of hydrogen-bond acceptors (Lipinski definition) is 4. The van der Waals surface area contributed by atoms with Crippen molar-refractivity contribution < 1.29 is 0 Å². The number of likely N-dealkylation sites (N-methyl/N-ethyl adjacent to an activating group) is 1. The molecule has 1 fully saturated rings. The summed E-state index contributed by atoms with van der Waals surface area (Å²) in [5.74, 6) is 0.952. The van der Waals surface area contributed by atoms with Crippen LogP contribution in [0.4, 0.5) is 5.95 Å². The summed E-state index contributed by atoms with van der Waals surface area (Å²) in [5, 5.41) is 7.16. The van der Waals surface area contributed by atoms with Gasteiger partial charge in [0.15, 0.2) is 4.77 Å². The number of anilines is 1. The molecule has 1 aromatic rings. The van der Waals surface area contributed by atoms with Crippen LogP contribution in [0.5, 0.6) is 0 Å². The molecule has 2 rings (SSSR count). The molecule has 0 saturated carbocycles. The third-order valence-corrected chi connectivity index (χ3v) is 3.53. The second kappa shape index (κ2) is 4.55. The minimum atomic E-state index is 0.469. The third kappa shape index (κ3) is 2.12. The summed E-state index contributed by atoms with van der Waals surface area (Å²) in [6.45, 7) is 5.49. The molecule has 90 valence electrons. The molecule has 1 aromatic heterocycles. The van der Waals surface area contributed by atoms with Gasteiger partial charge in [0, 0.05) is 26.2 Å². The van der Waals surface area contributed by atoms with Crippen LogP contribution in [0.2, 0.25) is 0 Å². The van der Waals surface area contributed by atoms with E-state index in [1.807, 2.05) is 11.6 Å². The third-order valence-electron chi connectivity index (χ3n) is 3.16. The van der Waals surface area contributed by atoms with E-state index >= 15 is 0 Å². The van der Waals surface area contributed by atoms with Gasteiger partial charge < -0.3 is 9.80 Å². The smallest absolute Gasteiger partial charge is 0.225 e. The highest BCUT2D eigenvalue weighted by Crippen LogP contribution is 2.16. The summed E-state index contributed by atoms with van der Waals surface area (Å²) >= 11 is 5.15. The van der Waals surface area contributed by atoms with Crippen LogP contribution in [0.3, 0.4) is 0 Å². The lowest BCUT2D eigenvalue weighted by Gasteiger charge is -2.28. The first kappa shape index (κ1) is 11.6. The number of H-pyrrole nitrogens is 1. The standard InChI is InChI=1S/C10H19N5S/c1-8-7-13(2)5-4-6-15(8)9-11-12-10(16)14(9)3/h8H,4-7H2,1-3H3,(H,12,16). The fraction of sp³-hybridized carbons (Fsp3) is 0.800. The molecule has 1 saturated heterocycles. The Balaban J connectivity index is 2.25. The molecule has 0 radical (unpaired) electrons. The van der Waals surface area contributed by atoms with Crippen molar-refractivity contribution in [2.75, 3.05) is 31.6 Å². The molecule has 0 spiro atoms. The van der Waals surface area contributed by atoms with E-state index in [9.17, 15) is 0 Å². The van der Waals surface area contributed by atoms with E-state index in [1.165, 1.54) is 6.42 Å². The SMILES string of the molecule is CC1CN(C)CCCN1c1n[nH]c(=S)n1C. The lowest BCUT2D eigenvalue weighted by atomic mass is 10.3. The first-order valence-electron chi connectivity index (χ1n) is 5.66. The summed E-state index contributed by atoms with van der Waals surface area (Å²) in [6.07, 6.45) is 1.17. The number of hydrogen-bond donors (Lipinski definition) is 1. The molecule has 16 heavy (non-hydrogen) atoms. The van der Waals surface area contributed by atoms with Crippen molar-refractivity contribution in [2.24, 2.45) is 7.05 Å². The van der Waals surface area contributed by atoms with Crippen molar-refractivity contribution >= 4 is 18.2 Å². The predicted octanol–water partition coefficient (Wildman–Crippen LogP) is 1.01. The first-order valence-corrected chi connectivity index (χ1v) is 6.07. The highest BCUT2D eigenvalue weighted by Gasteiger charge is 2.22. The Bertz CT molecular complexity index is 410. The van der Waals surface area contributed by atoms with Gasteiger partial charge in [-0.05, 0) is 39.2 Å². The van der Waals surface area contributed by atoms with Crippen LogP contribution in [0, 0.1) is 4.77 Å². The van der Waals surface area contributed by atoms with Gasteiger partial charge in [0.2, 0.25) is 5.95 Å². The van der Waals surface area contributed by atoms with E-state index in [2.05, 4.69) is 34.0 Å². The minimum Gasteiger partial charge on any atom is -0.337 e. The van der Waals surface area contributed by atoms with Crippen LogP contribution in [0.15, 0.2) is 0 Å². The van der Waals surface area contributed by atoms with Gasteiger partial charge in [-0.25, -0.2) is 5.10 Å². The quantitative estimate of drug-likeness (QED) is 0.745. The monoisotopic (exact) mass is 241 g/mol. The predicted molar refractivity (Wildman–Crippen MR) is 67.3 cm³/mol. The molecule has 1 aliphatic heterocycles. The average molecular weight is 241 g/mol. The fourth-order valence-electron chi connectivity index (χ4n) is 2.26. The Kier molecular flexibility index (Phi) is 3.30. The maximum absolute atomic E-state index is 5.15. The average Bonchev–Trinajstić information content (AvgIpc) is 2.46. The van der Waals surface area contributed by atoms with E-state index < -0.39 is 0 Å². The summed E-state index contributed by atoms with van der Waals surface area (Å²) in [6, 6.07) is 0.469. The number of nitrogens with zero attached hydrogens (tertiary/aromatic N) is 4. The summed E-state index contributed by atoms with van der Waals surface area (Å²) < 4.78 is 2.62. The zero-order valence-electron chi connectivity index (χ0n) is 10.1. The Morgan fingerprint density at radius 3 is 2.75 bits per heavy atom. The van der Waals surface area contributed by atoms with E-state index in [0.717, 1.165) is 25.6 Å². The van der Waals surface area contributed by atoms with Gasteiger partial charge in [0.1, 0.15) is 0 Å². The Morgan fingerprint density at radius 1 is 1.38 bits per heavy atom. The zero-order valence-corrected chi connectivity index (χ0v) is 10.9. The fourth-order valence-corrected chi connectivity index (χ4v) is 2.39. The van der Waals surface area contributed by atoms with Crippen molar-refractivity contribution in [1.82, 2.24) is 19.7 Å². The van der Waals surface area contributed by atoms with Crippen molar-refractivity contribution in [3.63, 3.8) is 0 Å².